The van der Waals surface area contributed by atoms with Crippen LogP contribution < -0.4 is 0 Å². The normalized spacial score (nSPS) is 26.7. The highest BCUT2D eigenvalue weighted by Gasteiger charge is 2.55. The third-order valence-corrected chi connectivity index (χ3v) is 4.56. The molecule has 0 spiro atoms. The second kappa shape index (κ2) is 5.49. The average Bonchev–Trinajstić information content (AvgIpc) is 3.01. The average molecular weight is 283 g/mol. The maximum absolute atomic E-state index is 13.0. The lowest BCUT2D eigenvalue weighted by Crippen LogP contribution is -2.36. The van der Waals surface area contributed by atoms with E-state index in [-0.39, 0.29) is 23.6 Å². The summed E-state index contributed by atoms with van der Waals surface area (Å²) in [6.45, 7) is 8.25. The molecule has 0 radical (unpaired) electrons. The first-order chi connectivity index (χ1) is 10.2. The fourth-order valence-electron chi connectivity index (χ4n) is 3.65. The van der Waals surface area contributed by atoms with E-state index >= 15 is 0 Å². The fourth-order valence-corrected chi connectivity index (χ4v) is 3.65. The molecule has 1 aromatic rings. The van der Waals surface area contributed by atoms with Gasteiger partial charge in [-0.2, -0.15) is 0 Å². The summed E-state index contributed by atoms with van der Waals surface area (Å²) >= 11 is 0. The topological polar surface area (TPSA) is 29.5 Å². The molecule has 0 aromatic heterocycles. The number of carbonyl (C=O) groups is 1. The number of rotatable bonds is 5. The van der Waals surface area contributed by atoms with Gasteiger partial charge in [0.1, 0.15) is 0 Å². The van der Waals surface area contributed by atoms with Gasteiger partial charge in [-0.1, -0.05) is 42.5 Å². The van der Waals surface area contributed by atoms with Gasteiger partial charge in [0.05, 0.1) is 18.1 Å². The van der Waals surface area contributed by atoms with Gasteiger partial charge in [-0.05, 0) is 19.3 Å². The van der Waals surface area contributed by atoms with Gasteiger partial charge in [-0.3, -0.25) is 4.79 Å². The lowest BCUT2D eigenvalue weighted by atomic mass is 9.78. The molecule has 1 aromatic carbocycles. The van der Waals surface area contributed by atoms with Crippen LogP contribution in [0.25, 0.3) is 0 Å². The molecule has 2 aliphatic heterocycles. The smallest absolute Gasteiger partial charge is 0.232 e. The monoisotopic (exact) mass is 283 g/mol. The van der Waals surface area contributed by atoms with E-state index in [2.05, 4.69) is 13.2 Å². The molecule has 0 saturated carbocycles. The van der Waals surface area contributed by atoms with E-state index in [4.69, 9.17) is 4.74 Å². The van der Waals surface area contributed by atoms with Crippen LogP contribution in [-0.4, -0.2) is 23.5 Å². The minimum atomic E-state index is -0.370. The number of ether oxygens (including phenoxy) is 1. The van der Waals surface area contributed by atoms with Gasteiger partial charge in [-0.15, -0.1) is 13.2 Å². The van der Waals surface area contributed by atoms with Crippen LogP contribution in [0.15, 0.2) is 55.6 Å². The zero-order chi connectivity index (χ0) is 14.9. The number of nitrogens with zero attached hydrogens (tertiary/aromatic N) is 1. The first-order valence-electron chi connectivity index (χ1n) is 7.43. The maximum atomic E-state index is 13.0. The number of carbonyl (C=O) groups excluding carboxylic acids is 1. The Hall–Kier alpha value is -1.87. The first kappa shape index (κ1) is 14.1. The van der Waals surface area contributed by atoms with Crippen LogP contribution in [0.4, 0.5) is 0 Å². The third kappa shape index (κ3) is 2.22. The van der Waals surface area contributed by atoms with Crippen LogP contribution in [-0.2, 0) is 9.53 Å². The van der Waals surface area contributed by atoms with Crippen LogP contribution in [0.1, 0.15) is 31.1 Å². The molecule has 0 N–H and O–H groups in total. The van der Waals surface area contributed by atoms with E-state index in [9.17, 15) is 4.79 Å². The SMILES string of the molecule is C=CCC1(CC=C)C[C@H]2CO[C@@H](c3ccccc3)N2C1=O. The van der Waals surface area contributed by atoms with Crippen molar-refractivity contribution in [1.29, 1.82) is 0 Å². The van der Waals surface area contributed by atoms with E-state index in [0.29, 0.717) is 19.4 Å². The van der Waals surface area contributed by atoms with Crippen molar-refractivity contribution in [3.63, 3.8) is 0 Å². The first-order valence-corrected chi connectivity index (χ1v) is 7.43. The Morgan fingerprint density at radius 1 is 1.24 bits per heavy atom. The molecule has 0 aliphatic carbocycles. The van der Waals surface area contributed by atoms with Crippen molar-refractivity contribution in [2.45, 2.75) is 31.5 Å². The summed E-state index contributed by atoms with van der Waals surface area (Å²) < 4.78 is 5.88. The van der Waals surface area contributed by atoms with E-state index < -0.39 is 0 Å². The van der Waals surface area contributed by atoms with Gasteiger partial charge in [-0.25, -0.2) is 0 Å². The summed E-state index contributed by atoms with van der Waals surface area (Å²) in [6.07, 6.45) is 5.68. The predicted molar refractivity (Wildman–Crippen MR) is 82.4 cm³/mol. The molecule has 0 bridgehead atoms. The van der Waals surface area contributed by atoms with E-state index in [0.717, 1.165) is 12.0 Å². The molecule has 110 valence electrons. The Bertz CT molecular complexity index is 542. The minimum absolute atomic E-state index is 0.169. The Balaban J connectivity index is 1.91. The van der Waals surface area contributed by atoms with Gasteiger partial charge < -0.3 is 9.64 Å². The number of benzene rings is 1. The molecule has 3 rings (SSSR count). The van der Waals surface area contributed by atoms with E-state index in [1.165, 1.54) is 0 Å². The molecule has 1 amide bonds. The number of amides is 1. The quantitative estimate of drug-likeness (QED) is 0.775. The zero-order valence-corrected chi connectivity index (χ0v) is 12.2. The summed E-state index contributed by atoms with van der Waals surface area (Å²) in [5.74, 6) is 0.179. The number of fused-ring (bicyclic) bond motifs is 1. The highest BCUT2D eigenvalue weighted by Crippen LogP contribution is 2.49. The Morgan fingerprint density at radius 2 is 1.90 bits per heavy atom. The van der Waals surface area contributed by atoms with Gasteiger partial charge >= 0.3 is 0 Å². The summed E-state index contributed by atoms with van der Waals surface area (Å²) in [5, 5.41) is 0. The lowest BCUT2D eigenvalue weighted by molar-refractivity contribution is -0.142. The van der Waals surface area contributed by atoms with Crippen molar-refractivity contribution < 1.29 is 9.53 Å². The Kier molecular flexibility index (Phi) is 3.68. The standard InChI is InChI=1S/C18H21NO2/c1-3-10-18(11-4-2)12-15-13-21-16(19(15)17(18)20)14-8-6-5-7-9-14/h3-9,15-16H,1-2,10-13H2/t15-,16-/m0/s1. The molecule has 2 atom stereocenters. The maximum Gasteiger partial charge on any atom is 0.232 e. The van der Waals surface area contributed by atoms with Crippen molar-refractivity contribution in [3.8, 4) is 0 Å². The molecule has 2 saturated heterocycles. The second-order valence-electron chi connectivity index (χ2n) is 5.93. The van der Waals surface area contributed by atoms with E-state index in [1.54, 1.807) is 0 Å². The molecular formula is C18H21NO2. The molecule has 2 fully saturated rings. The molecule has 3 nitrogen and oxygen atoms in total. The number of hydrogen-bond donors (Lipinski definition) is 0. The van der Waals surface area contributed by atoms with Crippen LogP contribution in [0.3, 0.4) is 0 Å². The van der Waals surface area contributed by atoms with Crippen molar-refractivity contribution in [1.82, 2.24) is 4.90 Å². The summed E-state index contributed by atoms with van der Waals surface area (Å²) in [4.78, 5) is 15.0. The van der Waals surface area contributed by atoms with Gasteiger partial charge in [0.2, 0.25) is 5.91 Å². The lowest BCUT2D eigenvalue weighted by Gasteiger charge is -2.28. The number of hydrogen-bond acceptors (Lipinski definition) is 2. The van der Waals surface area contributed by atoms with Crippen molar-refractivity contribution in [2.75, 3.05) is 6.61 Å². The fraction of sp³-hybridized carbons (Fsp3) is 0.389. The van der Waals surface area contributed by atoms with E-state index in [1.807, 2.05) is 47.4 Å². The van der Waals surface area contributed by atoms with Crippen LogP contribution in [0, 0.1) is 5.41 Å². The highest BCUT2D eigenvalue weighted by molar-refractivity contribution is 5.86. The van der Waals surface area contributed by atoms with Crippen LogP contribution in [0.2, 0.25) is 0 Å². The van der Waals surface area contributed by atoms with Crippen LogP contribution in [0.5, 0.6) is 0 Å². The highest BCUT2D eigenvalue weighted by atomic mass is 16.5. The largest absolute Gasteiger partial charge is 0.352 e. The van der Waals surface area contributed by atoms with Crippen molar-refractivity contribution >= 4 is 5.91 Å². The molecule has 0 unspecified atom stereocenters. The number of allylic oxidation sites excluding steroid dienone is 2. The molecular weight excluding hydrogens is 262 g/mol. The summed E-state index contributed by atoms with van der Waals surface area (Å²) in [5.41, 5.74) is 0.673. The minimum Gasteiger partial charge on any atom is -0.352 e. The van der Waals surface area contributed by atoms with Gasteiger partial charge in [0, 0.05) is 5.56 Å². The van der Waals surface area contributed by atoms with Crippen molar-refractivity contribution in [3.05, 3.63) is 61.2 Å². The summed E-state index contributed by atoms with van der Waals surface area (Å²) in [6, 6.07) is 10.1. The van der Waals surface area contributed by atoms with Gasteiger partial charge in [0.15, 0.2) is 6.23 Å². The zero-order valence-electron chi connectivity index (χ0n) is 12.2. The summed E-state index contributed by atoms with van der Waals surface area (Å²) in [7, 11) is 0. The Labute approximate surface area is 125 Å². The molecule has 21 heavy (non-hydrogen) atoms. The molecule has 2 heterocycles. The van der Waals surface area contributed by atoms with Crippen LogP contribution >= 0.6 is 0 Å². The van der Waals surface area contributed by atoms with Gasteiger partial charge in [0.25, 0.3) is 0 Å². The molecule has 3 heteroatoms. The molecule has 2 aliphatic rings. The predicted octanol–water partition coefficient (Wildman–Crippen LogP) is 3.45. The Morgan fingerprint density at radius 3 is 2.52 bits per heavy atom. The second-order valence-corrected chi connectivity index (χ2v) is 5.93. The van der Waals surface area contributed by atoms with Crippen molar-refractivity contribution in [2.24, 2.45) is 5.41 Å². The third-order valence-electron chi connectivity index (χ3n) is 4.56.